The fourth-order valence-corrected chi connectivity index (χ4v) is 3.02. The predicted molar refractivity (Wildman–Crippen MR) is 101 cm³/mol. The molecule has 0 aliphatic carbocycles. The first-order valence-corrected chi connectivity index (χ1v) is 8.51. The third kappa shape index (κ3) is 5.29. The van der Waals surface area contributed by atoms with Gasteiger partial charge in [-0.3, -0.25) is 9.89 Å². The maximum atomic E-state index is 12.3. The topological polar surface area (TPSA) is 73.0 Å². The first kappa shape index (κ1) is 19.4. The number of amides is 1. The zero-order valence-corrected chi connectivity index (χ0v) is 15.4. The molecule has 1 aliphatic rings. The van der Waals surface area contributed by atoms with Gasteiger partial charge in [0.05, 0.1) is 0 Å². The van der Waals surface area contributed by atoms with Gasteiger partial charge in [0, 0.05) is 43.9 Å². The Labute approximate surface area is 154 Å². The van der Waals surface area contributed by atoms with Crippen molar-refractivity contribution in [3.05, 3.63) is 52.8 Å². The van der Waals surface area contributed by atoms with E-state index in [2.05, 4.69) is 57.0 Å². The molecule has 0 unspecified atom stereocenters. The van der Waals surface area contributed by atoms with Crippen molar-refractivity contribution in [1.29, 1.82) is 0 Å². The lowest BCUT2D eigenvalue weighted by Gasteiger charge is -2.17. The molecule has 136 valence electrons. The van der Waals surface area contributed by atoms with Crippen LogP contribution in [0.1, 0.15) is 33.7 Å². The van der Waals surface area contributed by atoms with Crippen molar-refractivity contribution in [2.45, 2.75) is 25.9 Å². The Morgan fingerprint density at radius 3 is 2.92 bits per heavy atom. The monoisotopic (exact) mass is 363 g/mol. The Hall–Kier alpha value is -1.89. The first-order chi connectivity index (χ1) is 11.7. The van der Waals surface area contributed by atoms with Crippen LogP contribution >= 0.6 is 12.4 Å². The number of nitrogens with one attached hydrogen (secondary N) is 3. The van der Waals surface area contributed by atoms with E-state index in [4.69, 9.17) is 0 Å². The van der Waals surface area contributed by atoms with Gasteiger partial charge in [-0.1, -0.05) is 30.3 Å². The number of halogens is 1. The van der Waals surface area contributed by atoms with Crippen molar-refractivity contribution in [3.8, 4) is 0 Å². The summed E-state index contributed by atoms with van der Waals surface area (Å²) in [6, 6.07) is 10.4. The van der Waals surface area contributed by atoms with Gasteiger partial charge >= 0.3 is 0 Å². The minimum atomic E-state index is -0.0816. The predicted octanol–water partition coefficient (Wildman–Crippen LogP) is 1.73. The summed E-state index contributed by atoms with van der Waals surface area (Å²) in [7, 11) is 2.10. The van der Waals surface area contributed by atoms with Crippen LogP contribution in [0.5, 0.6) is 0 Å². The standard InChI is InChI=1S/C18H25N5O.ClH/c1-23(13-14-6-3-2-4-7-14)11-5-9-20-18(24)17-15-12-19-10-8-16(15)21-22-17;/h2-4,6-7,19H,5,8-13H2,1H3,(H,20,24)(H,21,22);1H. The maximum Gasteiger partial charge on any atom is 0.272 e. The number of aromatic amines is 1. The number of carbonyl (C=O) groups is 1. The van der Waals surface area contributed by atoms with Gasteiger partial charge in [0.15, 0.2) is 5.69 Å². The van der Waals surface area contributed by atoms with Gasteiger partial charge in [0.1, 0.15) is 0 Å². The molecule has 1 aromatic heterocycles. The van der Waals surface area contributed by atoms with E-state index in [-0.39, 0.29) is 18.3 Å². The van der Waals surface area contributed by atoms with E-state index in [1.807, 2.05) is 6.07 Å². The number of hydrogen-bond acceptors (Lipinski definition) is 4. The summed E-state index contributed by atoms with van der Waals surface area (Å²) in [5.41, 5.74) is 3.94. The molecule has 2 aromatic rings. The summed E-state index contributed by atoms with van der Waals surface area (Å²) in [6.45, 7) is 4.17. The molecule has 0 spiro atoms. The van der Waals surface area contributed by atoms with E-state index < -0.39 is 0 Å². The van der Waals surface area contributed by atoms with E-state index >= 15 is 0 Å². The maximum absolute atomic E-state index is 12.3. The van der Waals surface area contributed by atoms with Gasteiger partial charge in [-0.25, -0.2) is 0 Å². The second-order valence-electron chi connectivity index (χ2n) is 6.29. The van der Waals surface area contributed by atoms with E-state index in [0.29, 0.717) is 18.8 Å². The van der Waals surface area contributed by atoms with Crippen LogP contribution in [0.15, 0.2) is 30.3 Å². The summed E-state index contributed by atoms with van der Waals surface area (Å²) >= 11 is 0. The molecule has 7 heteroatoms. The molecule has 1 amide bonds. The van der Waals surface area contributed by atoms with Crippen LogP contribution in [0.4, 0.5) is 0 Å². The molecule has 0 fully saturated rings. The summed E-state index contributed by atoms with van der Waals surface area (Å²) < 4.78 is 0. The smallest absolute Gasteiger partial charge is 0.272 e. The highest BCUT2D eigenvalue weighted by Gasteiger charge is 2.21. The van der Waals surface area contributed by atoms with E-state index in [1.165, 1.54) is 5.56 Å². The van der Waals surface area contributed by atoms with E-state index in [9.17, 15) is 4.79 Å². The molecule has 0 saturated heterocycles. The lowest BCUT2D eigenvalue weighted by atomic mass is 10.1. The van der Waals surface area contributed by atoms with Crippen LogP contribution in [0.2, 0.25) is 0 Å². The minimum Gasteiger partial charge on any atom is -0.351 e. The van der Waals surface area contributed by atoms with Crippen molar-refractivity contribution >= 4 is 18.3 Å². The zero-order chi connectivity index (χ0) is 16.8. The number of fused-ring (bicyclic) bond motifs is 1. The second kappa shape index (κ2) is 9.56. The Bertz CT molecular complexity index is 673. The van der Waals surface area contributed by atoms with Crippen LogP contribution in [0.25, 0.3) is 0 Å². The quantitative estimate of drug-likeness (QED) is 0.655. The number of aromatic nitrogens is 2. The summed E-state index contributed by atoms with van der Waals surface area (Å²) in [4.78, 5) is 14.5. The average Bonchev–Trinajstić information content (AvgIpc) is 3.03. The van der Waals surface area contributed by atoms with Gasteiger partial charge in [-0.05, 0) is 25.6 Å². The molecule has 3 N–H and O–H groups in total. The highest BCUT2D eigenvalue weighted by atomic mass is 35.5. The molecule has 2 heterocycles. The summed E-state index contributed by atoms with van der Waals surface area (Å²) in [5.74, 6) is -0.0816. The van der Waals surface area contributed by atoms with Gasteiger partial charge in [-0.15, -0.1) is 12.4 Å². The van der Waals surface area contributed by atoms with E-state index in [1.54, 1.807) is 0 Å². The summed E-state index contributed by atoms with van der Waals surface area (Å²) in [5, 5.41) is 13.4. The third-order valence-electron chi connectivity index (χ3n) is 4.32. The van der Waals surface area contributed by atoms with Gasteiger partial charge in [0.25, 0.3) is 5.91 Å². The van der Waals surface area contributed by atoms with Crippen LogP contribution in [-0.2, 0) is 19.5 Å². The van der Waals surface area contributed by atoms with Crippen LogP contribution < -0.4 is 10.6 Å². The molecular weight excluding hydrogens is 338 g/mol. The number of carbonyl (C=O) groups excluding carboxylic acids is 1. The Balaban J connectivity index is 0.00000225. The van der Waals surface area contributed by atoms with Crippen LogP contribution in [-0.4, -0.2) is 47.7 Å². The Morgan fingerprint density at radius 1 is 1.32 bits per heavy atom. The fourth-order valence-electron chi connectivity index (χ4n) is 3.02. The number of hydrogen-bond donors (Lipinski definition) is 3. The molecule has 3 rings (SSSR count). The number of rotatable bonds is 7. The molecule has 0 bridgehead atoms. The van der Waals surface area contributed by atoms with Crippen molar-refractivity contribution in [2.24, 2.45) is 0 Å². The Morgan fingerprint density at radius 2 is 2.12 bits per heavy atom. The molecule has 1 aromatic carbocycles. The Kier molecular flexibility index (Phi) is 7.43. The number of H-pyrrole nitrogens is 1. The third-order valence-corrected chi connectivity index (χ3v) is 4.32. The number of nitrogens with zero attached hydrogens (tertiary/aromatic N) is 2. The van der Waals surface area contributed by atoms with Crippen molar-refractivity contribution in [1.82, 2.24) is 25.7 Å². The first-order valence-electron chi connectivity index (χ1n) is 8.51. The molecule has 0 radical (unpaired) electrons. The highest BCUT2D eigenvalue weighted by Crippen LogP contribution is 2.15. The van der Waals surface area contributed by atoms with Crippen LogP contribution in [0, 0.1) is 0 Å². The zero-order valence-electron chi connectivity index (χ0n) is 14.5. The normalized spacial score (nSPS) is 13.2. The average molecular weight is 364 g/mol. The molecule has 6 nitrogen and oxygen atoms in total. The van der Waals surface area contributed by atoms with E-state index in [0.717, 1.165) is 43.7 Å². The molecule has 0 atom stereocenters. The SMILES string of the molecule is CN(CCCNC(=O)c1n[nH]c2c1CNCC2)Cc1ccccc1.Cl. The van der Waals surface area contributed by atoms with Gasteiger partial charge in [-0.2, -0.15) is 5.10 Å². The molecular formula is C18H26ClN5O. The van der Waals surface area contributed by atoms with Crippen molar-refractivity contribution in [3.63, 3.8) is 0 Å². The van der Waals surface area contributed by atoms with Crippen LogP contribution in [0.3, 0.4) is 0 Å². The van der Waals surface area contributed by atoms with Gasteiger partial charge < -0.3 is 15.5 Å². The highest BCUT2D eigenvalue weighted by molar-refractivity contribution is 5.94. The molecule has 0 saturated carbocycles. The van der Waals surface area contributed by atoms with Gasteiger partial charge in [0.2, 0.25) is 0 Å². The van der Waals surface area contributed by atoms with Crippen molar-refractivity contribution in [2.75, 3.05) is 26.7 Å². The lowest BCUT2D eigenvalue weighted by Crippen LogP contribution is -2.30. The second-order valence-corrected chi connectivity index (χ2v) is 6.29. The molecule has 25 heavy (non-hydrogen) atoms. The summed E-state index contributed by atoms with van der Waals surface area (Å²) in [6.07, 6.45) is 1.82. The fraction of sp³-hybridized carbons (Fsp3) is 0.444. The van der Waals surface area contributed by atoms with Crippen molar-refractivity contribution < 1.29 is 4.79 Å². The number of benzene rings is 1. The minimum absolute atomic E-state index is 0. The molecule has 1 aliphatic heterocycles. The lowest BCUT2D eigenvalue weighted by molar-refractivity contribution is 0.0945. The largest absolute Gasteiger partial charge is 0.351 e.